The minimum Gasteiger partial charge on any atom is -0.478 e. The number of aromatic nitrogens is 4. The van der Waals surface area contributed by atoms with E-state index in [9.17, 15) is 9.59 Å². The molecule has 6 rings (SSSR count). The van der Waals surface area contributed by atoms with Crippen LogP contribution in [-0.4, -0.2) is 48.5 Å². The summed E-state index contributed by atoms with van der Waals surface area (Å²) in [7, 11) is 0. The first-order valence-corrected chi connectivity index (χ1v) is 11.0. The number of carbonyl (C=O) groups is 2. The maximum absolute atomic E-state index is 12.7. The first-order valence-electron chi connectivity index (χ1n) is 10.1. The number of aromatic carboxylic acids is 1. The van der Waals surface area contributed by atoms with E-state index in [1.807, 2.05) is 0 Å². The fourth-order valence-electron chi connectivity index (χ4n) is 5.90. The Balaban J connectivity index is 1.23. The quantitative estimate of drug-likeness (QED) is 0.700. The van der Waals surface area contributed by atoms with Crippen molar-refractivity contribution in [1.82, 2.24) is 25.5 Å². The molecule has 0 radical (unpaired) electrons. The molecular weight excluding hydrogens is 390 g/mol. The second-order valence-electron chi connectivity index (χ2n) is 8.76. The fraction of sp³-hybridized carbons (Fsp3) is 0.550. The first-order chi connectivity index (χ1) is 14.0. The lowest BCUT2D eigenvalue weighted by molar-refractivity contribution is -0.124. The third kappa shape index (κ3) is 3.63. The summed E-state index contributed by atoms with van der Waals surface area (Å²) < 4.78 is 1.52. The molecule has 0 saturated heterocycles. The number of carbonyl (C=O) groups excluding carboxylic acids is 1. The minimum absolute atomic E-state index is 0.00494. The molecule has 1 aromatic heterocycles. The van der Waals surface area contributed by atoms with Crippen LogP contribution in [0.5, 0.6) is 0 Å². The first kappa shape index (κ1) is 18.6. The van der Waals surface area contributed by atoms with Crippen LogP contribution in [0.25, 0.3) is 5.69 Å². The van der Waals surface area contributed by atoms with Crippen LogP contribution in [0.3, 0.4) is 0 Å². The Labute approximate surface area is 172 Å². The van der Waals surface area contributed by atoms with Gasteiger partial charge in [-0.25, -0.2) is 4.79 Å². The van der Waals surface area contributed by atoms with Crippen LogP contribution in [0.1, 0.15) is 48.9 Å². The van der Waals surface area contributed by atoms with E-state index in [-0.39, 0.29) is 22.8 Å². The van der Waals surface area contributed by atoms with Crippen LogP contribution in [0, 0.1) is 17.8 Å². The van der Waals surface area contributed by atoms with E-state index in [0.29, 0.717) is 10.8 Å². The summed E-state index contributed by atoms with van der Waals surface area (Å²) in [5, 5.41) is 24.6. The number of carboxylic acids is 1. The molecule has 1 aromatic carbocycles. The number of thioether (sulfide) groups is 1. The molecule has 29 heavy (non-hydrogen) atoms. The number of nitrogens with one attached hydrogen (secondary N) is 1. The number of amides is 1. The van der Waals surface area contributed by atoms with Crippen molar-refractivity contribution in [3.05, 3.63) is 29.8 Å². The zero-order valence-corrected chi connectivity index (χ0v) is 16.8. The van der Waals surface area contributed by atoms with Crippen molar-refractivity contribution < 1.29 is 14.7 Å². The molecule has 0 atom stereocenters. The highest BCUT2D eigenvalue weighted by Crippen LogP contribution is 2.55. The number of hydrogen-bond acceptors (Lipinski definition) is 6. The van der Waals surface area contributed by atoms with E-state index in [2.05, 4.69) is 20.8 Å². The highest BCUT2D eigenvalue weighted by molar-refractivity contribution is 7.99. The topological polar surface area (TPSA) is 110 Å². The minimum atomic E-state index is -0.982. The lowest BCUT2D eigenvalue weighted by Gasteiger charge is -2.56. The van der Waals surface area contributed by atoms with Crippen LogP contribution >= 0.6 is 11.8 Å². The van der Waals surface area contributed by atoms with E-state index >= 15 is 0 Å². The van der Waals surface area contributed by atoms with Crippen molar-refractivity contribution in [3.63, 3.8) is 0 Å². The van der Waals surface area contributed by atoms with Gasteiger partial charge in [0.25, 0.3) is 0 Å². The second kappa shape index (κ2) is 7.12. The van der Waals surface area contributed by atoms with Gasteiger partial charge in [-0.1, -0.05) is 11.8 Å². The van der Waals surface area contributed by atoms with Gasteiger partial charge in [0.1, 0.15) is 0 Å². The average Bonchev–Trinajstić information content (AvgIpc) is 3.13. The number of benzene rings is 1. The van der Waals surface area contributed by atoms with Crippen LogP contribution in [0.4, 0.5) is 0 Å². The van der Waals surface area contributed by atoms with E-state index in [0.717, 1.165) is 37.0 Å². The maximum Gasteiger partial charge on any atom is 0.335 e. The van der Waals surface area contributed by atoms with E-state index in [1.54, 1.807) is 12.1 Å². The summed E-state index contributed by atoms with van der Waals surface area (Å²) in [6.45, 7) is 0. The fourth-order valence-corrected chi connectivity index (χ4v) is 6.59. The standard InChI is InChI=1S/C20H23N5O3S/c26-17(21-20-8-12-5-13(9-20)7-14(6-12)10-20)11-29-19-22-23-24-25(19)16-3-1-15(2-4-16)18(27)28/h1-4,12-14H,5-11H2,(H,21,26)(H,27,28). The largest absolute Gasteiger partial charge is 0.478 e. The van der Waals surface area contributed by atoms with Crippen LogP contribution in [-0.2, 0) is 4.79 Å². The van der Waals surface area contributed by atoms with Crippen molar-refractivity contribution in [2.75, 3.05) is 5.75 Å². The van der Waals surface area contributed by atoms with Gasteiger partial charge < -0.3 is 10.4 Å². The Hall–Kier alpha value is -2.42. The summed E-state index contributed by atoms with van der Waals surface area (Å²) in [4.78, 5) is 23.7. The zero-order chi connectivity index (χ0) is 20.0. The van der Waals surface area contributed by atoms with Crippen molar-refractivity contribution in [2.24, 2.45) is 17.8 Å². The molecule has 2 N–H and O–H groups in total. The van der Waals surface area contributed by atoms with Crippen molar-refractivity contribution >= 4 is 23.6 Å². The average molecular weight is 414 g/mol. The summed E-state index contributed by atoms with van der Waals surface area (Å²) in [6.07, 6.45) is 7.42. The molecule has 1 heterocycles. The van der Waals surface area contributed by atoms with Gasteiger partial charge in [0, 0.05) is 5.54 Å². The van der Waals surface area contributed by atoms with Gasteiger partial charge >= 0.3 is 5.97 Å². The molecule has 0 unspecified atom stereocenters. The molecule has 2 aromatic rings. The van der Waals surface area contributed by atoms with Gasteiger partial charge in [-0.3, -0.25) is 4.79 Å². The third-order valence-corrected chi connectivity index (χ3v) is 7.49. The van der Waals surface area contributed by atoms with E-state index < -0.39 is 5.97 Å². The number of carboxylic acid groups (broad SMARTS) is 1. The number of tetrazole rings is 1. The van der Waals surface area contributed by atoms with Gasteiger partial charge in [0.2, 0.25) is 11.1 Å². The van der Waals surface area contributed by atoms with Gasteiger partial charge in [-0.05, 0) is 91.0 Å². The van der Waals surface area contributed by atoms with Gasteiger partial charge in [-0.15, -0.1) is 5.10 Å². The Kier molecular flexibility index (Phi) is 4.57. The Morgan fingerprint density at radius 1 is 1.10 bits per heavy atom. The molecule has 1 amide bonds. The molecule has 0 spiro atoms. The van der Waals surface area contributed by atoms with Crippen LogP contribution in [0.2, 0.25) is 0 Å². The molecule has 152 valence electrons. The number of rotatable bonds is 6. The summed E-state index contributed by atoms with van der Waals surface area (Å²) in [5.74, 6) is 1.67. The maximum atomic E-state index is 12.7. The van der Waals surface area contributed by atoms with Crippen LogP contribution < -0.4 is 5.32 Å². The molecule has 4 aliphatic carbocycles. The SMILES string of the molecule is O=C(CSc1nnnn1-c1ccc(C(=O)O)cc1)NC12CC3CC(CC(C3)C1)C2. The third-order valence-electron chi connectivity index (χ3n) is 6.57. The number of hydrogen-bond donors (Lipinski definition) is 2. The number of nitrogens with zero attached hydrogens (tertiary/aromatic N) is 4. The van der Waals surface area contributed by atoms with Crippen molar-refractivity contribution in [1.29, 1.82) is 0 Å². The second-order valence-corrected chi connectivity index (χ2v) is 9.70. The van der Waals surface area contributed by atoms with Crippen LogP contribution in [0.15, 0.2) is 29.4 Å². The normalized spacial score (nSPS) is 29.7. The molecule has 4 fully saturated rings. The molecule has 4 bridgehead atoms. The van der Waals surface area contributed by atoms with Gasteiger partial charge in [-0.2, -0.15) is 4.68 Å². The van der Waals surface area contributed by atoms with E-state index in [4.69, 9.17) is 5.11 Å². The summed E-state index contributed by atoms with van der Waals surface area (Å²) >= 11 is 1.29. The Morgan fingerprint density at radius 2 is 1.72 bits per heavy atom. The van der Waals surface area contributed by atoms with Gasteiger partial charge in [0.15, 0.2) is 0 Å². The molecular formula is C20H23N5O3S. The highest BCUT2D eigenvalue weighted by atomic mass is 32.2. The molecule has 8 nitrogen and oxygen atoms in total. The Bertz CT molecular complexity index is 907. The lowest BCUT2D eigenvalue weighted by Crippen LogP contribution is -2.60. The summed E-state index contributed by atoms with van der Waals surface area (Å²) in [6, 6.07) is 6.32. The predicted octanol–water partition coefficient (Wildman–Crippen LogP) is 2.54. The predicted molar refractivity (Wildman–Crippen MR) is 106 cm³/mol. The molecule has 9 heteroatoms. The molecule has 0 aliphatic heterocycles. The molecule has 4 saturated carbocycles. The molecule has 4 aliphatic rings. The Morgan fingerprint density at radius 3 is 2.31 bits per heavy atom. The van der Waals surface area contributed by atoms with Crippen molar-refractivity contribution in [3.8, 4) is 5.69 Å². The lowest BCUT2D eigenvalue weighted by atomic mass is 9.53. The summed E-state index contributed by atoms with van der Waals surface area (Å²) in [5.41, 5.74) is 0.861. The highest BCUT2D eigenvalue weighted by Gasteiger charge is 2.51. The van der Waals surface area contributed by atoms with Gasteiger partial charge in [0.05, 0.1) is 17.0 Å². The van der Waals surface area contributed by atoms with E-state index in [1.165, 1.54) is 47.8 Å². The monoisotopic (exact) mass is 413 g/mol. The van der Waals surface area contributed by atoms with Crippen molar-refractivity contribution in [2.45, 2.75) is 49.2 Å². The zero-order valence-electron chi connectivity index (χ0n) is 16.0. The smallest absolute Gasteiger partial charge is 0.335 e.